The lowest BCUT2D eigenvalue weighted by atomic mass is 10.2. The molecule has 0 bridgehead atoms. The molecular weight excluding hydrogens is 189 g/mol. The Bertz CT molecular complexity index is 477. The first-order valence-electron chi connectivity index (χ1n) is 3.79. The van der Waals surface area contributed by atoms with Gasteiger partial charge in [0.1, 0.15) is 5.82 Å². The molecule has 4 heteroatoms. The summed E-state index contributed by atoms with van der Waals surface area (Å²) < 4.78 is 24.3. The summed E-state index contributed by atoms with van der Waals surface area (Å²) in [5.41, 5.74) is 0.424. The number of fused-ring (bicyclic) bond motifs is 1. The lowest BCUT2D eigenvalue weighted by molar-refractivity contribution is 0.637. The Balaban J connectivity index is 2.83. The van der Waals surface area contributed by atoms with Gasteiger partial charge in [0.15, 0.2) is 0 Å². The van der Waals surface area contributed by atoms with E-state index in [4.69, 9.17) is 0 Å². The minimum Gasteiger partial charge on any atom is -0.358 e. The quantitative estimate of drug-likeness (QED) is 0.745. The van der Waals surface area contributed by atoms with Gasteiger partial charge in [-0.1, -0.05) is 12.1 Å². The van der Waals surface area contributed by atoms with E-state index in [1.165, 1.54) is 6.07 Å². The van der Waals surface area contributed by atoms with Crippen LogP contribution in [0.3, 0.4) is 0 Å². The SMILES string of the molecule is CS(=O)c1c[nH]c2c(F)cccc12. The van der Waals surface area contributed by atoms with Crippen molar-refractivity contribution in [2.45, 2.75) is 4.90 Å². The van der Waals surface area contributed by atoms with Gasteiger partial charge in [-0.25, -0.2) is 4.39 Å². The Morgan fingerprint density at radius 1 is 1.46 bits per heavy atom. The van der Waals surface area contributed by atoms with Crippen molar-refractivity contribution in [3.05, 3.63) is 30.2 Å². The van der Waals surface area contributed by atoms with Crippen molar-refractivity contribution in [3.8, 4) is 0 Å². The second kappa shape index (κ2) is 2.96. The van der Waals surface area contributed by atoms with Gasteiger partial charge in [-0.3, -0.25) is 4.21 Å². The number of rotatable bonds is 1. The molecule has 2 nitrogen and oxygen atoms in total. The number of halogens is 1. The molecule has 13 heavy (non-hydrogen) atoms. The first kappa shape index (κ1) is 8.44. The number of para-hydroxylation sites is 1. The molecule has 0 saturated heterocycles. The van der Waals surface area contributed by atoms with Gasteiger partial charge in [0, 0.05) is 17.8 Å². The Morgan fingerprint density at radius 3 is 2.92 bits per heavy atom. The van der Waals surface area contributed by atoms with Crippen LogP contribution in [0.25, 0.3) is 10.9 Å². The van der Waals surface area contributed by atoms with Crippen LogP contribution in [0.15, 0.2) is 29.3 Å². The lowest BCUT2D eigenvalue weighted by Gasteiger charge is -1.93. The Kier molecular flexibility index (Phi) is 1.92. The fourth-order valence-corrected chi connectivity index (χ4v) is 2.03. The van der Waals surface area contributed by atoms with E-state index in [-0.39, 0.29) is 5.82 Å². The summed E-state index contributed by atoms with van der Waals surface area (Å²) in [5.74, 6) is -0.311. The molecule has 1 unspecified atom stereocenters. The first-order valence-corrected chi connectivity index (χ1v) is 5.35. The van der Waals surface area contributed by atoms with Gasteiger partial charge in [-0.15, -0.1) is 0 Å². The number of nitrogens with one attached hydrogen (secondary N) is 1. The molecule has 0 aliphatic heterocycles. The van der Waals surface area contributed by atoms with Crippen LogP contribution in [0.4, 0.5) is 4.39 Å². The van der Waals surface area contributed by atoms with Crippen molar-refractivity contribution in [3.63, 3.8) is 0 Å². The lowest BCUT2D eigenvalue weighted by Crippen LogP contribution is -1.84. The molecule has 1 aromatic carbocycles. The molecule has 1 aromatic heterocycles. The summed E-state index contributed by atoms with van der Waals surface area (Å²) in [6.07, 6.45) is 3.16. The fourth-order valence-electron chi connectivity index (χ4n) is 1.33. The van der Waals surface area contributed by atoms with Crippen LogP contribution in [0.2, 0.25) is 0 Å². The smallest absolute Gasteiger partial charge is 0.147 e. The second-order valence-corrected chi connectivity index (χ2v) is 4.12. The average molecular weight is 197 g/mol. The number of hydrogen-bond donors (Lipinski definition) is 1. The second-order valence-electron chi connectivity index (χ2n) is 2.77. The van der Waals surface area contributed by atoms with Crippen molar-refractivity contribution < 1.29 is 8.60 Å². The molecule has 0 amide bonds. The molecule has 0 aliphatic carbocycles. The molecule has 0 radical (unpaired) electrons. The zero-order chi connectivity index (χ0) is 9.42. The molecule has 68 valence electrons. The highest BCUT2D eigenvalue weighted by molar-refractivity contribution is 7.84. The average Bonchev–Trinajstić information content (AvgIpc) is 2.48. The van der Waals surface area contributed by atoms with Gasteiger partial charge in [-0.05, 0) is 6.07 Å². The van der Waals surface area contributed by atoms with Crippen LogP contribution in [0.1, 0.15) is 0 Å². The van der Waals surface area contributed by atoms with E-state index in [9.17, 15) is 8.60 Å². The number of benzene rings is 1. The number of aromatic amines is 1. The third-order valence-electron chi connectivity index (χ3n) is 1.94. The van der Waals surface area contributed by atoms with Crippen molar-refractivity contribution in [2.75, 3.05) is 6.26 Å². The zero-order valence-electron chi connectivity index (χ0n) is 7.00. The molecule has 1 N–H and O–H groups in total. The van der Waals surface area contributed by atoms with Crippen molar-refractivity contribution in [2.24, 2.45) is 0 Å². The summed E-state index contributed by atoms with van der Waals surface area (Å²) in [4.78, 5) is 3.42. The van der Waals surface area contributed by atoms with Crippen LogP contribution in [0, 0.1) is 5.82 Å². The van der Waals surface area contributed by atoms with Crippen molar-refractivity contribution in [1.82, 2.24) is 4.98 Å². The highest BCUT2D eigenvalue weighted by Gasteiger charge is 2.08. The van der Waals surface area contributed by atoms with Crippen LogP contribution in [-0.4, -0.2) is 15.4 Å². The number of hydrogen-bond acceptors (Lipinski definition) is 1. The normalized spacial score (nSPS) is 13.4. The molecule has 0 aliphatic rings. The minimum absolute atomic E-state index is 0.311. The van der Waals surface area contributed by atoms with E-state index in [0.717, 1.165) is 0 Å². The van der Waals surface area contributed by atoms with Gasteiger partial charge in [0.05, 0.1) is 21.2 Å². The Hall–Kier alpha value is -1.16. The topological polar surface area (TPSA) is 32.9 Å². The third-order valence-corrected chi connectivity index (χ3v) is 2.89. The molecule has 0 saturated carbocycles. The van der Waals surface area contributed by atoms with Gasteiger partial charge in [0.25, 0.3) is 0 Å². The minimum atomic E-state index is -1.08. The molecule has 2 rings (SSSR count). The van der Waals surface area contributed by atoms with Crippen LogP contribution in [0.5, 0.6) is 0 Å². The molecule has 2 aromatic rings. The van der Waals surface area contributed by atoms with Gasteiger partial charge in [0.2, 0.25) is 0 Å². The zero-order valence-corrected chi connectivity index (χ0v) is 7.82. The van der Waals surface area contributed by atoms with Gasteiger partial charge >= 0.3 is 0 Å². The third kappa shape index (κ3) is 1.27. The van der Waals surface area contributed by atoms with E-state index < -0.39 is 10.8 Å². The van der Waals surface area contributed by atoms with Crippen LogP contribution < -0.4 is 0 Å². The molecule has 1 heterocycles. The predicted molar refractivity (Wildman–Crippen MR) is 50.6 cm³/mol. The van der Waals surface area contributed by atoms with E-state index in [0.29, 0.717) is 15.8 Å². The van der Waals surface area contributed by atoms with E-state index >= 15 is 0 Å². The number of aromatic nitrogens is 1. The van der Waals surface area contributed by atoms with Crippen LogP contribution in [-0.2, 0) is 10.8 Å². The highest BCUT2D eigenvalue weighted by Crippen LogP contribution is 2.22. The van der Waals surface area contributed by atoms with Crippen molar-refractivity contribution in [1.29, 1.82) is 0 Å². The maximum absolute atomic E-state index is 13.1. The van der Waals surface area contributed by atoms with Gasteiger partial charge < -0.3 is 4.98 Å². The molecule has 1 atom stereocenters. The maximum atomic E-state index is 13.1. The van der Waals surface area contributed by atoms with Crippen molar-refractivity contribution >= 4 is 21.7 Å². The predicted octanol–water partition coefficient (Wildman–Crippen LogP) is 2.04. The summed E-state index contributed by atoms with van der Waals surface area (Å²) in [5, 5.41) is 0.695. The Labute approximate surface area is 77.2 Å². The monoisotopic (exact) mass is 197 g/mol. The summed E-state index contributed by atoms with van der Waals surface area (Å²) in [6.45, 7) is 0. The maximum Gasteiger partial charge on any atom is 0.147 e. The first-order chi connectivity index (χ1) is 6.20. The number of H-pyrrole nitrogens is 1. The largest absolute Gasteiger partial charge is 0.358 e. The molecule has 0 spiro atoms. The summed E-state index contributed by atoms with van der Waals surface area (Å²) in [7, 11) is -1.08. The molecule has 0 fully saturated rings. The summed E-state index contributed by atoms with van der Waals surface area (Å²) >= 11 is 0. The van der Waals surface area contributed by atoms with E-state index in [1.54, 1.807) is 24.6 Å². The highest BCUT2D eigenvalue weighted by atomic mass is 32.2. The Morgan fingerprint density at radius 2 is 2.23 bits per heavy atom. The summed E-state index contributed by atoms with van der Waals surface area (Å²) in [6, 6.07) is 4.74. The van der Waals surface area contributed by atoms with E-state index in [2.05, 4.69) is 4.98 Å². The molecular formula is C9H8FNOS. The standard InChI is InChI=1S/C9H8FNOS/c1-13(12)8-5-11-9-6(8)3-2-4-7(9)10/h2-5,11H,1H3. The fraction of sp³-hybridized carbons (Fsp3) is 0.111. The van der Waals surface area contributed by atoms with Crippen LogP contribution >= 0.6 is 0 Å². The van der Waals surface area contributed by atoms with Gasteiger partial charge in [-0.2, -0.15) is 0 Å². The van der Waals surface area contributed by atoms with E-state index in [1.807, 2.05) is 0 Å².